The molecular formula is C31H26F5N5O6. The largest absolute Gasteiger partial charge is 0.586 e. The molecule has 0 radical (unpaired) electrons. The minimum Gasteiger partial charge on any atom is -0.448 e. The Kier molecular flexibility index (Phi) is 7.99. The summed E-state index contributed by atoms with van der Waals surface area (Å²) in [5, 5.41) is 15.4. The number of amides is 2. The van der Waals surface area contributed by atoms with Gasteiger partial charge >= 0.3 is 12.5 Å². The molecule has 2 aromatic carbocycles. The number of fused-ring (bicyclic) bond motifs is 2. The van der Waals surface area contributed by atoms with Crippen molar-refractivity contribution in [2.24, 2.45) is 0 Å². The van der Waals surface area contributed by atoms with Crippen LogP contribution in [0.25, 0.3) is 22.2 Å². The number of benzene rings is 2. The van der Waals surface area contributed by atoms with E-state index < -0.39 is 47.7 Å². The lowest BCUT2D eigenvalue weighted by Crippen LogP contribution is -2.54. The fraction of sp³-hybridized carbons (Fsp3) is 0.323. The van der Waals surface area contributed by atoms with Crippen molar-refractivity contribution < 1.29 is 45.4 Å². The molecule has 0 saturated carbocycles. The highest BCUT2D eigenvalue weighted by atomic mass is 19.4. The van der Waals surface area contributed by atoms with Crippen LogP contribution in [0.15, 0.2) is 45.6 Å². The maximum Gasteiger partial charge on any atom is 0.586 e. The molecule has 0 atom stereocenters. The van der Waals surface area contributed by atoms with Gasteiger partial charge in [0.15, 0.2) is 22.8 Å². The number of hydrogen-bond acceptors (Lipinski definition) is 8. The molecule has 0 unspecified atom stereocenters. The maximum absolute atomic E-state index is 13.7. The average molecular weight is 660 g/mol. The first-order valence-corrected chi connectivity index (χ1v) is 14.0. The minimum atomic E-state index is -4.81. The summed E-state index contributed by atoms with van der Waals surface area (Å²) in [6.45, 7) is 5.70. The molecule has 3 heterocycles. The van der Waals surface area contributed by atoms with Crippen LogP contribution in [0.4, 0.5) is 27.6 Å². The van der Waals surface area contributed by atoms with Gasteiger partial charge < -0.3 is 24.1 Å². The van der Waals surface area contributed by atoms with Gasteiger partial charge in [0.1, 0.15) is 17.8 Å². The van der Waals surface area contributed by atoms with E-state index in [1.807, 2.05) is 11.4 Å². The number of rotatable bonds is 7. The molecule has 0 bridgehead atoms. The van der Waals surface area contributed by atoms with Gasteiger partial charge in [-0.05, 0) is 70.0 Å². The van der Waals surface area contributed by atoms with Crippen molar-refractivity contribution in [3.05, 3.63) is 69.2 Å². The van der Waals surface area contributed by atoms with E-state index >= 15 is 0 Å². The SMILES string of the molecule is CCN(C(=O)Cn1nc(-c2cc(C)cc(C#N)c2)c2oc(C(=O)NC(C)(C)C(F)(F)F)cc2c1=O)c1cc2c(cc1C)OC(F)(F)O2. The molecule has 2 aromatic heterocycles. The van der Waals surface area contributed by atoms with Crippen LogP contribution in [-0.4, -0.2) is 46.1 Å². The molecule has 5 rings (SSSR count). The van der Waals surface area contributed by atoms with Crippen LogP contribution < -0.4 is 25.2 Å². The predicted molar refractivity (Wildman–Crippen MR) is 156 cm³/mol. The quantitative estimate of drug-likeness (QED) is 0.254. The molecule has 4 aromatic rings. The van der Waals surface area contributed by atoms with Gasteiger partial charge in [0, 0.05) is 24.2 Å². The Balaban J connectivity index is 1.60. The van der Waals surface area contributed by atoms with Crippen LogP contribution >= 0.6 is 0 Å². The second-order valence-corrected chi connectivity index (χ2v) is 11.3. The van der Waals surface area contributed by atoms with Gasteiger partial charge in [-0.2, -0.15) is 23.5 Å². The van der Waals surface area contributed by atoms with Gasteiger partial charge in [-0.3, -0.25) is 14.4 Å². The number of nitrogens with zero attached hydrogens (tertiary/aromatic N) is 4. The second-order valence-electron chi connectivity index (χ2n) is 11.3. The number of hydrogen-bond donors (Lipinski definition) is 1. The first kappa shape index (κ1) is 32.9. The number of alkyl halides is 5. The van der Waals surface area contributed by atoms with Crippen LogP contribution in [0.1, 0.15) is 48.0 Å². The molecule has 1 aliphatic rings. The van der Waals surface area contributed by atoms with Crippen molar-refractivity contribution in [2.75, 3.05) is 11.4 Å². The average Bonchev–Trinajstić information content (AvgIpc) is 3.54. The molecule has 11 nitrogen and oxygen atoms in total. The number of anilines is 1. The number of nitrogens with one attached hydrogen (secondary N) is 1. The van der Waals surface area contributed by atoms with Crippen LogP contribution in [-0.2, 0) is 11.3 Å². The van der Waals surface area contributed by atoms with E-state index in [0.717, 1.165) is 24.6 Å². The number of halogens is 5. The first-order chi connectivity index (χ1) is 21.8. The van der Waals surface area contributed by atoms with Gasteiger partial charge in [0.05, 0.1) is 22.7 Å². The number of carbonyl (C=O) groups is 2. The number of furan rings is 1. The third-order valence-electron chi connectivity index (χ3n) is 7.38. The Morgan fingerprint density at radius 3 is 2.34 bits per heavy atom. The molecule has 246 valence electrons. The second kappa shape index (κ2) is 11.4. The Morgan fingerprint density at radius 1 is 1.06 bits per heavy atom. The molecule has 0 saturated heterocycles. The number of likely N-dealkylation sites (N-methyl/N-ethyl adjacent to an activating group) is 1. The number of nitriles is 1. The molecule has 0 aliphatic carbocycles. The predicted octanol–water partition coefficient (Wildman–Crippen LogP) is 5.59. The zero-order chi connectivity index (χ0) is 34.6. The van der Waals surface area contributed by atoms with Gasteiger partial charge in [-0.15, -0.1) is 8.78 Å². The number of ether oxygens (including phenoxy) is 2. The van der Waals surface area contributed by atoms with Crippen LogP contribution in [0.2, 0.25) is 0 Å². The molecule has 1 N–H and O–H groups in total. The van der Waals surface area contributed by atoms with Crippen LogP contribution in [0, 0.1) is 25.2 Å². The molecule has 1 aliphatic heterocycles. The third-order valence-corrected chi connectivity index (χ3v) is 7.38. The summed E-state index contributed by atoms with van der Waals surface area (Å²) in [5.74, 6) is -3.11. The molecule has 16 heteroatoms. The summed E-state index contributed by atoms with van der Waals surface area (Å²) in [6.07, 6.45) is -8.70. The van der Waals surface area contributed by atoms with Crippen molar-refractivity contribution in [1.29, 1.82) is 5.26 Å². The Hall–Kier alpha value is -5.46. The summed E-state index contributed by atoms with van der Waals surface area (Å²) in [4.78, 5) is 41.4. The van der Waals surface area contributed by atoms with Gasteiger partial charge in [-0.1, -0.05) is 0 Å². The number of carbonyl (C=O) groups excluding carboxylic acids is 2. The van der Waals surface area contributed by atoms with Crippen molar-refractivity contribution in [1.82, 2.24) is 15.1 Å². The monoisotopic (exact) mass is 659 g/mol. The van der Waals surface area contributed by atoms with E-state index in [-0.39, 0.29) is 51.5 Å². The Bertz CT molecular complexity index is 2040. The molecule has 47 heavy (non-hydrogen) atoms. The summed E-state index contributed by atoms with van der Waals surface area (Å²) in [6, 6.07) is 10.0. The van der Waals surface area contributed by atoms with Crippen LogP contribution in [0.3, 0.4) is 0 Å². The van der Waals surface area contributed by atoms with Crippen molar-refractivity contribution in [2.45, 2.75) is 59.2 Å². The fourth-order valence-electron chi connectivity index (χ4n) is 4.96. The van der Waals surface area contributed by atoms with E-state index in [9.17, 15) is 41.6 Å². The van der Waals surface area contributed by atoms with E-state index in [1.54, 1.807) is 32.9 Å². The summed E-state index contributed by atoms with van der Waals surface area (Å²) in [7, 11) is 0. The summed E-state index contributed by atoms with van der Waals surface area (Å²) >= 11 is 0. The van der Waals surface area contributed by atoms with Gasteiger partial charge in [-0.25, -0.2) is 4.68 Å². The zero-order valence-corrected chi connectivity index (χ0v) is 25.5. The van der Waals surface area contributed by atoms with Crippen molar-refractivity contribution >= 4 is 28.5 Å². The van der Waals surface area contributed by atoms with Crippen LogP contribution in [0.5, 0.6) is 11.5 Å². The number of aryl methyl sites for hydroxylation is 2. The van der Waals surface area contributed by atoms with E-state index in [2.05, 4.69) is 14.6 Å². The Labute approximate surface area is 263 Å². The lowest BCUT2D eigenvalue weighted by molar-refractivity contribution is -0.286. The summed E-state index contributed by atoms with van der Waals surface area (Å²) < 4.78 is 83.1. The topological polar surface area (TPSA) is 140 Å². The fourth-order valence-corrected chi connectivity index (χ4v) is 4.96. The zero-order valence-electron chi connectivity index (χ0n) is 25.5. The normalized spacial score (nSPS) is 13.8. The van der Waals surface area contributed by atoms with Gasteiger partial charge in [0.25, 0.3) is 11.5 Å². The van der Waals surface area contributed by atoms with Gasteiger partial charge in [0.2, 0.25) is 5.91 Å². The molecule has 2 amide bonds. The van der Waals surface area contributed by atoms with E-state index in [1.165, 1.54) is 23.1 Å². The standard InChI is InChI=1S/C31H26F5N5O6/c1-6-40(20-12-22-21(9-16(20)3)46-31(35,36)47-22)24(42)14-41-28(44)19-11-23(27(43)38-29(4,5)30(32,33)34)45-26(19)25(39-41)18-8-15(2)7-17(10-18)13-37/h7-12H,6,14H2,1-5H3,(H,38,43). The molecule has 0 spiro atoms. The first-order valence-electron chi connectivity index (χ1n) is 14.0. The molecular weight excluding hydrogens is 633 g/mol. The number of aromatic nitrogens is 2. The maximum atomic E-state index is 13.7. The molecule has 0 fully saturated rings. The minimum absolute atomic E-state index is 0.0357. The van der Waals surface area contributed by atoms with Crippen molar-refractivity contribution in [3.63, 3.8) is 0 Å². The Morgan fingerprint density at radius 2 is 1.72 bits per heavy atom. The highest BCUT2D eigenvalue weighted by molar-refractivity contribution is 5.99. The highest BCUT2D eigenvalue weighted by Gasteiger charge is 2.49. The van der Waals surface area contributed by atoms with E-state index in [0.29, 0.717) is 11.1 Å². The lowest BCUT2D eigenvalue weighted by Gasteiger charge is -2.28. The smallest absolute Gasteiger partial charge is 0.448 e. The summed E-state index contributed by atoms with van der Waals surface area (Å²) in [5.41, 5.74) is -2.25. The lowest BCUT2D eigenvalue weighted by atomic mass is 10.0. The highest BCUT2D eigenvalue weighted by Crippen LogP contribution is 2.44. The third kappa shape index (κ3) is 6.20. The van der Waals surface area contributed by atoms with E-state index in [4.69, 9.17) is 4.42 Å². The van der Waals surface area contributed by atoms with Crippen molar-refractivity contribution in [3.8, 4) is 28.8 Å².